The molecule has 1 atom stereocenters. The first-order chi connectivity index (χ1) is 16.0. The first kappa shape index (κ1) is 26.5. The van der Waals surface area contributed by atoms with E-state index < -0.39 is 11.6 Å². The van der Waals surface area contributed by atoms with Gasteiger partial charge in [0, 0.05) is 22.5 Å². The quantitative estimate of drug-likeness (QED) is 0.426. The van der Waals surface area contributed by atoms with Crippen LogP contribution in [-0.4, -0.2) is 22.3 Å². The lowest BCUT2D eigenvalue weighted by molar-refractivity contribution is -0.146. The third kappa shape index (κ3) is 7.18. The number of nitrogens with zero attached hydrogens (tertiary/aromatic N) is 1. The summed E-state index contributed by atoms with van der Waals surface area (Å²) in [5.74, 6) is 1.22. The van der Waals surface area contributed by atoms with Gasteiger partial charge in [-0.25, -0.2) is 0 Å². The maximum Gasteiger partial charge on any atom is 0.247 e. The highest BCUT2D eigenvalue weighted by atomic mass is 79.9. The molecular weight excluding hydrogens is 488 g/mol. The summed E-state index contributed by atoms with van der Waals surface area (Å²) in [6.07, 6.45) is 3.93. The van der Waals surface area contributed by atoms with Crippen LogP contribution in [-0.2, 0) is 16.1 Å². The molecule has 1 fully saturated rings. The van der Waals surface area contributed by atoms with Crippen molar-refractivity contribution in [1.29, 1.82) is 0 Å². The first-order valence-electron chi connectivity index (χ1n) is 12.5. The number of hydrogen-bond donors (Lipinski definition) is 1. The molecule has 1 unspecified atom stereocenters. The van der Waals surface area contributed by atoms with Gasteiger partial charge in [-0.2, -0.15) is 0 Å². The molecule has 1 aliphatic carbocycles. The monoisotopic (exact) mass is 526 g/mol. The SMILES string of the molecule is CC(C)C1CCC(C(=O)N(Cc2ccccc2)C(C(=O)NC(C)(C)C)c2ccc(Br)cc2)CC1. The second kappa shape index (κ2) is 11.5. The molecule has 0 saturated heterocycles. The van der Waals surface area contributed by atoms with Crippen LogP contribution in [0.5, 0.6) is 0 Å². The number of carbonyl (C=O) groups excluding carboxylic acids is 2. The minimum absolute atomic E-state index is 0.0425. The maximum absolute atomic E-state index is 14.1. The van der Waals surface area contributed by atoms with Gasteiger partial charge in [-0.15, -0.1) is 0 Å². The van der Waals surface area contributed by atoms with E-state index in [-0.39, 0.29) is 17.7 Å². The molecule has 5 heteroatoms. The first-order valence-corrected chi connectivity index (χ1v) is 13.3. The lowest BCUT2D eigenvalue weighted by Gasteiger charge is -2.38. The van der Waals surface area contributed by atoms with Gasteiger partial charge in [0.05, 0.1) is 0 Å². The van der Waals surface area contributed by atoms with E-state index in [2.05, 4.69) is 35.1 Å². The highest BCUT2D eigenvalue weighted by Crippen LogP contribution is 2.36. The van der Waals surface area contributed by atoms with Gasteiger partial charge in [0.25, 0.3) is 0 Å². The number of amides is 2. The van der Waals surface area contributed by atoms with Gasteiger partial charge in [0.1, 0.15) is 6.04 Å². The van der Waals surface area contributed by atoms with Crippen molar-refractivity contribution in [3.05, 3.63) is 70.2 Å². The Kier molecular flexibility index (Phi) is 8.97. The Labute approximate surface area is 213 Å². The number of carbonyl (C=O) groups is 2. The Hall–Kier alpha value is -2.14. The summed E-state index contributed by atoms with van der Waals surface area (Å²) >= 11 is 3.50. The van der Waals surface area contributed by atoms with Crippen molar-refractivity contribution in [2.24, 2.45) is 17.8 Å². The van der Waals surface area contributed by atoms with Crippen molar-refractivity contribution < 1.29 is 9.59 Å². The summed E-state index contributed by atoms with van der Waals surface area (Å²) < 4.78 is 0.944. The fourth-order valence-electron chi connectivity index (χ4n) is 4.90. The second-order valence-corrected chi connectivity index (χ2v) is 11.9. The smallest absolute Gasteiger partial charge is 0.247 e. The maximum atomic E-state index is 14.1. The zero-order chi connectivity index (χ0) is 24.9. The molecule has 0 spiro atoms. The van der Waals surface area contributed by atoms with Crippen molar-refractivity contribution in [2.45, 2.75) is 78.4 Å². The highest BCUT2D eigenvalue weighted by molar-refractivity contribution is 9.10. The van der Waals surface area contributed by atoms with Crippen LogP contribution >= 0.6 is 15.9 Å². The summed E-state index contributed by atoms with van der Waals surface area (Å²) in [5, 5.41) is 3.13. The summed E-state index contributed by atoms with van der Waals surface area (Å²) in [4.78, 5) is 29.6. The number of rotatable bonds is 7. The molecule has 4 nitrogen and oxygen atoms in total. The van der Waals surface area contributed by atoms with Crippen molar-refractivity contribution >= 4 is 27.7 Å². The van der Waals surface area contributed by atoms with Crippen LogP contribution < -0.4 is 5.32 Å². The normalized spacial score (nSPS) is 19.5. The molecule has 34 heavy (non-hydrogen) atoms. The fraction of sp³-hybridized carbons (Fsp3) is 0.517. The molecule has 0 aromatic heterocycles. The summed E-state index contributed by atoms with van der Waals surface area (Å²) in [5.41, 5.74) is 1.45. The molecule has 2 aromatic carbocycles. The standard InChI is InChI=1S/C29H39BrN2O2/c1-20(2)22-11-13-24(14-12-22)28(34)32(19-21-9-7-6-8-10-21)26(27(33)31-29(3,4)5)23-15-17-25(30)18-16-23/h6-10,15-18,20,22,24,26H,11-14,19H2,1-5H3,(H,31,33). The van der Waals surface area contributed by atoms with Gasteiger partial charge < -0.3 is 10.2 Å². The zero-order valence-corrected chi connectivity index (χ0v) is 22.8. The third-order valence-corrected chi connectivity index (χ3v) is 7.32. The van der Waals surface area contributed by atoms with Gasteiger partial charge in [-0.05, 0) is 81.5 Å². The molecule has 184 valence electrons. The van der Waals surface area contributed by atoms with E-state index in [0.29, 0.717) is 18.4 Å². The molecule has 0 heterocycles. The van der Waals surface area contributed by atoms with Gasteiger partial charge in [-0.1, -0.05) is 72.2 Å². The summed E-state index contributed by atoms with van der Waals surface area (Å²) in [6.45, 7) is 10.9. The zero-order valence-electron chi connectivity index (χ0n) is 21.2. The molecule has 0 radical (unpaired) electrons. The van der Waals surface area contributed by atoms with Gasteiger partial charge >= 0.3 is 0 Å². The molecule has 3 rings (SSSR count). The Morgan fingerprint density at radius 2 is 1.56 bits per heavy atom. The van der Waals surface area contributed by atoms with E-state index in [4.69, 9.17) is 0 Å². The van der Waals surface area contributed by atoms with Gasteiger partial charge in [0.15, 0.2) is 0 Å². The van der Waals surface area contributed by atoms with Crippen LogP contribution in [0.4, 0.5) is 0 Å². The molecule has 2 aromatic rings. The fourth-order valence-corrected chi connectivity index (χ4v) is 5.16. The predicted octanol–water partition coefficient (Wildman–Crippen LogP) is 6.90. The van der Waals surface area contributed by atoms with E-state index in [1.165, 1.54) is 0 Å². The minimum atomic E-state index is -0.692. The number of benzene rings is 2. The number of halogens is 1. The van der Waals surface area contributed by atoms with E-state index in [9.17, 15) is 9.59 Å². The van der Waals surface area contributed by atoms with Crippen LogP contribution in [0.2, 0.25) is 0 Å². The van der Waals surface area contributed by atoms with Crippen molar-refractivity contribution in [2.75, 3.05) is 0 Å². The minimum Gasteiger partial charge on any atom is -0.349 e. The predicted molar refractivity (Wildman–Crippen MR) is 142 cm³/mol. The van der Waals surface area contributed by atoms with E-state index in [0.717, 1.165) is 41.3 Å². The molecule has 0 bridgehead atoms. The molecule has 1 saturated carbocycles. The van der Waals surface area contributed by atoms with Crippen LogP contribution in [0.25, 0.3) is 0 Å². The van der Waals surface area contributed by atoms with E-state index in [1.807, 2.05) is 80.3 Å². The van der Waals surface area contributed by atoms with E-state index in [1.54, 1.807) is 0 Å². The number of hydrogen-bond acceptors (Lipinski definition) is 2. The number of nitrogens with one attached hydrogen (secondary N) is 1. The Bertz CT molecular complexity index is 942. The van der Waals surface area contributed by atoms with Crippen LogP contribution in [0.1, 0.15) is 77.5 Å². The van der Waals surface area contributed by atoms with Gasteiger partial charge in [-0.3, -0.25) is 9.59 Å². The lowest BCUT2D eigenvalue weighted by Crippen LogP contribution is -2.50. The molecule has 0 aliphatic heterocycles. The van der Waals surface area contributed by atoms with E-state index >= 15 is 0 Å². The Morgan fingerprint density at radius 1 is 0.971 bits per heavy atom. The Morgan fingerprint density at radius 3 is 2.09 bits per heavy atom. The molecule has 1 aliphatic rings. The largest absolute Gasteiger partial charge is 0.349 e. The second-order valence-electron chi connectivity index (χ2n) is 11.0. The van der Waals surface area contributed by atoms with Crippen LogP contribution in [0.15, 0.2) is 59.1 Å². The van der Waals surface area contributed by atoms with Crippen molar-refractivity contribution in [3.63, 3.8) is 0 Å². The average Bonchev–Trinajstić information content (AvgIpc) is 2.79. The summed E-state index contributed by atoms with van der Waals surface area (Å²) in [7, 11) is 0. The highest BCUT2D eigenvalue weighted by Gasteiger charge is 2.37. The molecule has 1 N–H and O–H groups in total. The van der Waals surface area contributed by atoms with Crippen LogP contribution in [0, 0.1) is 17.8 Å². The van der Waals surface area contributed by atoms with Crippen molar-refractivity contribution in [1.82, 2.24) is 10.2 Å². The summed E-state index contributed by atoms with van der Waals surface area (Å²) in [6, 6.07) is 17.1. The molecular formula is C29H39BrN2O2. The lowest BCUT2D eigenvalue weighted by atomic mass is 9.76. The molecule has 2 amide bonds. The van der Waals surface area contributed by atoms with Gasteiger partial charge in [0.2, 0.25) is 11.8 Å². The third-order valence-electron chi connectivity index (χ3n) is 6.79. The van der Waals surface area contributed by atoms with Crippen molar-refractivity contribution in [3.8, 4) is 0 Å². The Balaban J connectivity index is 1.98. The average molecular weight is 528 g/mol. The van der Waals surface area contributed by atoms with Crippen LogP contribution in [0.3, 0.4) is 0 Å². The topological polar surface area (TPSA) is 49.4 Å².